The molecule has 4 rings (SSSR count). The fourth-order valence-electron chi connectivity index (χ4n) is 3.32. The molecule has 36 heavy (non-hydrogen) atoms. The van der Waals surface area contributed by atoms with Crippen LogP contribution in [0.25, 0.3) is 6.08 Å². The van der Waals surface area contributed by atoms with Crippen molar-refractivity contribution in [2.45, 2.75) is 0 Å². The van der Waals surface area contributed by atoms with Crippen molar-refractivity contribution in [1.29, 1.82) is 0 Å². The summed E-state index contributed by atoms with van der Waals surface area (Å²) in [6, 6.07) is 17.5. The molecule has 3 aromatic carbocycles. The van der Waals surface area contributed by atoms with Crippen LogP contribution in [0.2, 0.25) is 5.02 Å². The van der Waals surface area contributed by atoms with Crippen LogP contribution in [0, 0.1) is 0 Å². The second-order valence-electron chi connectivity index (χ2n) is 7.42. The maximum Gasteiger partial charge on any atom is 0.335 e. The Hall–Kier alpha value is -3.47. The van der Waals surface area contributed by atoms with E-state index in [2.05, 4.69) is 42.5 Å². The van der Waals surface area contributed by atoms with Crippen LogP contribution in [-0.4, -0.2) is 30.4 Å². The van der Waals surface area contributed by atoms with Crippen molar-refractivity contribution >= 4 is 84.7 Å². The minimum Gasteiger partial charge on any atom is -0.481 e. The molecule has 5 amide bonds. The van der Waals surface area contributed by atoms with Crippen LogP contribution in [0.4, 0.5) is 16.2 Å². The summed E-state index contributed by atoms with van der Waals surface area (Å²) in [6.07, 6.45) is 1.36. The van der Waals surface area contributed by atoms with Gasteiger partial charge in [-0.3, -0.25) is 19.7 Å². The Labute approximate surface area is 227 Å². The summed E-state index contributed by atoms with van der Waals surface area (Å²) >= 11 is 12.8. The van der Waals surface area contributed by atoms with Gasteiger partial charge in [-0.15, -0.1) is 0 Å². The van der Waals surface area contributed by atoms with Crippen LogP contribution in [0.1, 0.15) is 5.56 Å². The Balaban J connectivity index is 1.52. The Morgan fingerprint density at radius 2 is 1.64 bits per heavy atom. The number of nitrogens with zero attached hydrogens (tertiary/aromatic N) is 1. The molecule has 0 saturated carbocycles. The molecule has 0 unspecified atom stereocenters. The number of barbiturate groups is 1. The number of imide groups is 2. The number of hydrogen-bond acceptors (Lipinski definition) is 5. The summed E-state index contributed by atoms with van der Waals surface area (Å²) in [5.41, 5.74) is 1.05. The molecule has 0 aromatic heterocycles. The summed E-state index contributed by atoms with van der Waals surface area (Å²) in [4.78, 5) is 50.9. The summed E-state index contributed by atoms with van der Waals surface area (Å²) < 4.78 is 6.58. The largest absolute Gasteiger partial charge is 0.481 e. The van der Waals surface area contributed by atoms with Crippen molar-refractivity contribution in [2.24, 2.45) is 0 Å². The maximum atomic E-state index is 13.0. The molecule has 0 spiro atoms. The van der Waals surface area contributed by atoms with Crippen LogP contribution in [0.3, 0.4) is 0 Å². The van der Waals surface area contributed by atoms with Gasteiger partial charge in [-0.05, 0) is 79.9 Å². The molecule has 1 aliphatic heterocycles. The zero-order valence-electron chi connectivity index (χ0n) is 18.3. The average Bonchev–Trinajstić information content (AvgIpc) is 2.83. The van der Waals surface area contributed by atoms with Gasteiger partial charge in [0.25, 0.3) is 17.7 Å². The van der Waals surface area contributed by atoms with E-state index in [1.165, 1.54) is 6.08 Å². The van der Waals surface area contributed by atoms with Crippen molar-refractivity contribution in [2.75, 3.05) is 16.8 Å². The number of nitrogens with one attached hydrogen (secondary N) is 2. The minimum atomic E-state index is -0.825. The molecule has 1 fully saturated rings. The summed E-state index contributed by atoms with van der Waals surface area (Å²) in [5, 5.41) is 5.25. The monoisotopic (exact) mass is 631 g/mol. The fourth-order valence-corrected chi connectivity index (χ4v) is 4.96. The zero-order chi connectivity index (χ0) is 25.8. The van der Waals surface area contributed by atoms with Crippen molar-refractivity contribution in [3.8, 4) is 5.75 Å². The number of benzene rings is 3. The minimum absolute atomic E-state index is 0.218. The Morgan fingerprint density at radius 1 is 1.00 bits per heavy atom. The van der Waals surface area contributed by atoms with E-state index in [0.717, 1.165) is 4.90 Å². The van der Waals surface area contributed by atoms with E-state index in [1.807, 2.05) is 0 Å². The predicted molar refractivity (Wildman–Crippen MR) is 143 cm³/mol. The molecule has 0 atom stereocenters. The lowest BCUT2D eigenvalue weighted by atomic mass is 10.1. The third-order valence-corrected chi connectivity index (χ3v) is 6.45. The molecule has 182 valence electrons. The van der Waals surface area contributed by atoms with Gasteiger partial charge in [0, 0.05) is 0 Å². The van der Waals surface area contributed by atoms with Crippen LogP contribution in [-0.2, 0) is 14.4 Å². The normalized spacial score (nSPS) is 14.6. The van der Waals surface area contributed by atoms with E-state index in [0.29, 0.717) is 36.7 Å². The molecule has 1 aliphatic rings. The van der Waals surface area contributed by atoms with Crippen LogP contribution < -0.4 is 20.3 Å². The lowest BCUT2D eigenvalue weighted by Crippen LogP contribution is -2.54. The third-order valence-electron chi connectivity index (χ3n) is 4.94. The second-order valence-corrected chi connectivity index (χ2v) is 9.54. The molecule has 0 aliphatic carbocycles. The molecule has 2 N–H and O–H groups in total. The number of carbonyl (C=O) groups is 4. The summed E-state index contributed by atoms with van der Waals surface area (Å²) in [5.74, 6) is -1.63. The van der Waals surface area contributed by atoms with Crippen LogP contribution >= 0.6 is 43.5 Å². The van der Waals surface area contributed by atoms with Gasteiger partial charge < -0.3 is 10.1 Å². The molecule has 3 aromatic rings. The van der Waals surface area contributed by atoms with E-state index in [1.54, 1.807) is 66.7 Å². The first kappa shape index (κ1) is 25.6. The number of anilines is 2. The highest BCUT2D eigenvalue weighted by Crippen LogP contribution is 2.36. The lowest BCUT2D eigenvalue weighted by Gasteiger charge is -2.26. The van der Waals surface area contributed by atoms with E-state index in [9.17, 15) is 19.2 Å². The highest BCUT2D eigenvalue weighted by molar-refractivity contribution is 9.11. The highest BCUT2D eigenvalue weighted by atomic mass is 79.9. The lowest BCUT2D eigenvalue weighted by molar-refractivity contribution is -0.122. The molecular weight excluding hydrogens is 618 g/mol. The molecule has 1 heterocycles. The Bertz CT molecular complexity index is 1390. The second kappa shape index (κ2) is 11.1. The first-order valence-electron chi connectivity index (χ1n) is 10.4. The number of carbonyl (C=O) groups excluding carboxylic acids is 4. The molecule has 11 heteroatoms. The van der Waals surface area contributed by atoms with Crippen molar-refractivity contribution in [3.05, 3.63) is 91.8 Å². The quantitative estimate of drug-likeness (QED) is 0.274. The van der Waals surface area contributed by atoms with Crippen molar-refractivity contribution in [1.82, 2.24) is 5.32 Å². The summed E-state index contributed by atoms with van der Waals surface area (Å²) in [7, 11) is 0. The van der Waals surface area contributed by atoms with E-state index < -0.39 is 23.8 Å². The first-order valence-corrected chi connectivity index (χ1v) is 12.3. The number of para-hydroxylation sites is 2. The molecule has 0 bridgehead atoms. The van der Waals surface area contributed by atoms with Gasteiger partial charge >= 0.3 is 6.03 Å². The third kappa shape index (κ3) is 5.67. The topological polar surface area (TPSA) is 105 Å². The summed E-state index contributed by atoms with van der Waals surface area (Å²) in [6.45, 7) is -0.294. The Kier molecular flexibility index (Phi) is 7.88. The Morgan fingerprint density at radius 3 is 2.31 bits per heavy atom. The smallest absolute Gasteiger partial charge is 0.335 e. The van der Waals surface area contributed by atoms with Gasteiger partial charge in [0.2, 0.25) is 0 Å². The molecular formula is C25H16Br2ClN3O5. The highest BCUT2D eigenvalue weighted by Gasteiger charge is 2.36. The van der Waals surface area contributed by atoms with Crippen LogP contribution in [0.15, 0.2) is 81.2 Å². The predicted octanol–water partition coefficient (Wildman–Crippen LogP) is 5.55. The van der Waals surface area contributed by atoms with Gasteiger partial charge in [0.15, 0.2) is 6.61 Å². The zero-order valence-corrected chi connectivity index (χ0v) is 22.2. The van der Waals surface area contributed by atoms with Gasteiger partial charge in [-0.2, -0.15) is 0 Å². The number of rotatable bonds is 6. The number of urea groups is 1. The van der Waals surface area contributed by atoms with Crippen LogP contribution in [0.5, 0.6) is 5.75 Å². The van der Waals surface area contributed by atoms with Crippen molar-refractivity contribution < 1.29 is 23.9 Å². The fraction of sp³-hybridized carbons (Fsp3) is 0.0400. The van der Waals surface area contributed by atoms with E-state index in [4.69, 9.17) is 16.3 Å². The first-order chi connectivity index (χ1) is 17.2. The average molecular weight is 634 g/mol. The number of amides is 5. The van der Waals surface area contributed by atoms with E-state index >= 15 is 0 Å². The van der Waals surface area contributed by atoms with Gasteiger partial charge in [-0.1, -0.05) is 41.9 Å². The number of hydrogen-bond donors (Lipinski definition) is 2. The molecule has 1 saturated heterocycles. The standard InChI is InChI=1S/C25H16Br2ClN3O5/c26-17-11-14(10-16-23(33)30-25(35)31(24(16)34)15-6-2-1-3-7-15)12-18(27)22(17)36-13-21(32)29-20-9-5-4-8-19(20)28/h1-12H,13H2,(H,29,32)(H,30,33,35)/b16-10-. The number of halogens is 3. The van der Waals surface area contributed by atoms with E-state index in [-0.39, 0.29) is 12.2 Å². The maximum absolute atomic E-state index is 13.0. The molecule has 8 nitrogen and oxygen atoms in total. The van der Waals surface area contributed by atoms with Gasteiger partial charge in [0.1, 0.15) is 11.3 Å². The van der Waals surface area contributed by atoms with Crippen molar-refractivity contribution in [3.63, 3.8) is 0 Å². The van der Waals surface area contributed by atoms with Gasteiger partial charge in [0.05, 0.1) is 25.3 Å². The SMILES string of the molecule is O=C(COc1c(Br)cc(/C=C2/C(=O)NC(=O)N(c3ccccc3)C2=O)cc1Br)Nc1ccccc1Cl. The van der Waals surface area contributed by atoms with Gasteiger partial charge in [-0.25, -0.2) is 9.69 Å². The number of ether oxygens (including phenoxy) is 1. The molecule has 0 radical (unpaired) electrons.